The van der Waals surface area contributed by atoms with Crippen molar-refractivity contribution in [3.05, 3.63) is 30.3 Å². The van der Waals surface area contributed by atoms with Crippen molar-refractivity contribution in [2.75, 3.05) is 26.7 Å². The first kappa shape index (κ1) is 14.9. The number of carbonyl (C=O) groups excluding carboxylic acids is 1. The summed E-state index contributed by atoms with van der Waals surface area (Å²) in [5.74, 6) is 1.01. The van der Waals surface area contributed by atoms with Crippen molar-refractivity contribution in [1.82, 2.24) is 4.90 Å². The fourth-order valence-corrected chi connectivity index (χ4v) is 2.88. The predicted octanol–water partition coefficient (Wildman–Crippen LogP) is 2.04. The molecule has 4 heteroatoms. The minimum atomic E-state index is -0.318. The highest BCUT2D eigenvalue weighted by atomic mass is 16.5. The van der Waals surface area contributed by atoms with Gasteiger partial charge in [-0.25, -0.2) is 0 Å². The van der Waals surface area contributed by atoms with Crippen LogP contribution in [-0.4, -0.2) is 37.6 Å². The van der Waals surface area contributed by atoms with Gasteiger partial charge < -0.3 is 15.4 Å². The lowest BCUT2D eigenvalue weighted by molar-refractivity contribution is -0.140. The number of rotatable bonds is 6. The van der Waals surface area contributed by atoms with Crippen LogP contribution < -0.4 is 10.5 Å². The van der Waals surface area contributed by atoms with Gasteiger partial charge in [-0.2, -0.15) is 0 Å². The third kappa shape index (κ3) is 3.31. The Kier molecular flexibility index (Phi) is 5.01. The van der Waals surface area contributed by atoms with Crippen LogP contribution in [0, 0.1) is 5.41 Å². The molecule has 0 unspecified atom stereocenters. The molecule has 20 heavy (non-hydrogen) atoms. The number of para-hydroxylation sites is 1. The van der Waals surface area contributed by atoms with E-state index in [2.05, 4.69) is 0 Å². The molecule has 1 aliphatic carbocycles. The molecule has 1 fully saturated rings. The Balaban J connectivity index is 1.82. The van der Waals surface area contributed by atoms with E-state index in [9.17, 15) is 4.79 Å². The Bertz CT molecular complexity index is 427. The molecule has 0 aliphatic heterocycles. The second kappa shape index (κ2) is 6.75. The number of hydrogen-bond acceptors (Lipinski definition) is 3. The SMILES string of the molecule is CN(CCOc1ccccc1)C(=O)C1(CN)CCCC1. The van der Waals surface area contributed by atoms with Crippen molar-refractivity contribution in [2.45, 2.75) is 25.7 Å². The summed E-state index contributed by atoms with van der Waals surface area (Å²) >= 11 is 0. The maximum Gasteiger partial charge on any atom is 0.229 e. The standard InChI is InChI=1S/C16H24N2O2/c1-18(11-12-20-14-7-3-2-4-8-14)15(19)16(13-17)9-5-6-10-16/h2-4,7-8H,5-6,9-13,17H2,1H3. The van der Waals surface area contributed by atoms with E-state index in [4.69, 9.17) is 10.5 Å². The molecule has 1 amide bonds. The quantitative estimate of drug-likeness (QED) is 0.865. The third-order valence-electron chi connectivity index (χ3n) is 4.19. The molecule has 0 heterocycles. The highest BCUT2D eigenvalue weighted by Gasteiger charge is 2.41. The predicted molar refractivity (Wildman–Crippen MR) is 79.5 cm³/mol. The number of benzene rings is 1. The van der Waals surface area contributed by atoms with Crippen LogP contribution in [-0.2, 0) is 4.79 Å². The van der Waals surface area contributed by atoms with Crippen molar-refractivity contribution >= 4 is 5.91 Å². The van der Waals surface area contributed by atoms with E-state index in [0.717, 1.165) is 31.4 Å². The number of amides is 1. The first-order valence-electron chi connectivity index (χ1n) is 7.31. The summed E-state index contributed by atoms with van der Waals surface area (Å²) in [6, 6.07) is 9.66. The van der Waals surface area contributed by atoms with E-state index in [0.29, 0.717) is 19.7 Å². The Labute approximate surface area is 120 Å². The largest absolute Gasteiger partial charge is 0.492 e. The Morgan fingerprint density at radius 3 is 2.55 bits per heavy atom. The average Bonchev–Trinajstić information content (AvgIpc) is 2.97. The average molecular weight is 276 g/mol. The van der Waals surface area contributed by atoms with Crippen LogP contribution in [0.25, 0.3) is 0 Å². The summed E-state index contributed by atoms with van der Waals surface area (Å²) in [7, 11) is 1.84. The molecular weight excluding hydrogens is 252 g/mol. The van der Waals surface area contributed by atoms with Crippen molar-refractivity contribution in [2.24, 2.45) is 11.1 Å². The summed E-state index contributed by atoms with van der Waals surface area (Å²) < 4.78 is 5.63. The molecule has 0 aromatic heterocycles. The molecule has 0 spiro atoms. The van der Waals surface area contributed by atoms with Crippen molar-refractivity contribution in [1.29, 1.82) is 0 Å². The van der Waals surface area contributed by atoms with E-state index in [-0.39, 0.29) is 11.3 Å². The molecule has 1 aromatic rings. The molecule has 4 nitrogen and oxygen atoms in total. The second-order valence-electron chi connectivity index (χ2n) is 5.58. The number of nitrogens with zero attached hydrogens (tertiary/aromatic N) is 1. The molecule has 1 aliphatic rings. The van der Waals surface area contributed by atoms with Crippen molar-refractivity contribution in [3.8, 4) is 5.75 Å². The number of likely N-dealkylation sites (N-methyl/N-ethyl adjacent to an activating group) is 1. The summed E-state index contributed by atoms with van der Waals surface area (Å²) in [6.07, 6.45) is 4.06. The van der Waals surface area contributed by atoms with Crippen LogP contribution in [0.3, 0.4) is 0 Å². The Hall–Kier alpha value is -1.55. The van der Waals surface area contributed by atoms with Crippen molar-refractivity contribution < 1.29 is 9.53 Å². The van der Waals surface area contributed by atoms with Gasteiger partial charge in [-0.1, -0.05) is 31.0 Å². The molecule has 1 saturated carbocycles. The highest BCUT2D eigenvalue weighted by molar-refractivity contribution is 5.83. The minimum absolute atomic E-state index is 0.175. The highest BCUT2D eigenvalue weighted by Crippen LogP contribution is 2.38. The second-order valence-corrected chi connectivity index (χ2v) is 5.58. The molecule has 0 saturated heterocycles. The lowest BCUT2D eigenvalue weighted by atomic mass is 9.85. The lowest BCUT2D eigenvalue weighted by Gasteiger charge is -2.31. The monoisotopic (exact) mass is 276 g/mol. The first-order chi connectivity index (χ1) is 9.68. The summed E-state index contributed by atoms with van der Waals surface area (Å²) in [6.45, 7) is 1.55. The van der Waals surface area contributed by atoms with Crippen LogP contribution in [0.5, 0.6) is 5.75 Å². The smallest absolute Gasteiger partial charge is 0.229 e. The minimum Gasteiger partial charge on any atom is -0.492 e. The molecule has 2 rings (SSSR count). The van der Waals surface area contributed by atoms with E-state index < -0.39 is 0 Å². The summed E-state index contributed by atoms with van der Waals surface area (Å²) in [5.41, 5.74) is 5.53. The molecule has 0 radical (unpaired) electrons. The van der Waals surface area contributed by atoms with Gasteiger partial charge in [-0.15, -0.1) is 0 Å². The zero-order valence-electron chi connectivity index (χ0n) is 12.2. The number of ether oxygens (including phenoxy) is 1. The molecule has 1 aromatic carbocycles. The van der Waals surface area contributed by atoms with Gasteiger partial charge in [-0.3, -0.25) is 4.79 Å². The van der Waals surface area contributed by atoms with Crippen LogP contribution in [0.4, 0.5) is 0 Å². The summed E-state index contributed by atoms with van der Waals surface area (Å²) in [5, 5.41) is 0. The van der Waals surface area contributed by atoms with Gasteiger partial charge in [0, 0.05) is 13.6 Å². The molecule has 0 atom stereocenters. The normalized spacial score (nSPS) is 16.9. The van der Waals surface area contributed by atoms with Gasteiger partial charge in [0.1, 0.15) is 12.4 Å². The first-order valence-corrected chi connectivity index (χ1v) is 7.31. The topological polar surface area (TPSA) is 55.6 Å². The maximum absolute atomic E-state index is 12.5. The van der Waals surface area contributed by atoms with Gasteiger partial charge in [0.2, 0.25) is 5.91 Å². The molecule has 2 N–H and O–H groups in total. The molecule has 110 valence electrons. The van der Waals surface area contributed by atoms with E-state index in [1.54, 1.807) is 4.90 Å². The number of carbonyl (C=O) groups is 1. The van der Waals surface area contributed by atoms with Crippen LogP contribution >= 0.6 is 0 Å². The van der Waals surface area contributed by atoms with Gasteiger partial charge in [0.05, 0.1) is 12.0 Å². The maximum atomic E-state index is 12.5. The third-order valence-corrected chi connectivity index (χ3v) is 4.19. The van der Waals surface area contributed by atoms with Crippen LogP contribution in [0.2, 0.25) is 0 Å². The lowest BCUT2D eigenvalue weighted by Crippen LogP contribution is -2.46. The van der Waals surface area contributed by atoms with Gasteiger partial charge in [0.15, 0.2) is 0 Å². The summed E-state index contributed by atoms with van der Waals surface area (Å²) in [4.78, 5) is 14.3. The van der Waals surface area contributed by atoms with Gasteiger partial charge >= 0.3 is 0 Å². The van der Waals surface area contributed by atoms with Crippen LogP contribution in [0.1, 0.15) is 25.7 Å². The molecule has 0 bridgehead atoms. The Morgan fingerprint density at radius 2 is 1.95 bits per heavy atom. The fraction of sp³-hybridized carbons (Fsp3) is 0.562. The van der Waals surface area contributed by atoms with E-state index >= 15 is 0 Å². The molecular formula is C16H24N2O2. The number of hydrogen-bond donors (Lipinski definition) is 1. The van der Waals surface area contributed by atoms with Crippen molar-refractivity contribution in [3.63, 3.8) is 0 Å². The zero-order chi connectivity index (χ0) is 14.4. The fourth-order valence-electron chi connectivity index (χ4n) is 2.88. The van der Waals surface area contributed by atoms with E-state index in [1.807, 2.05) is 37.4 Å². The van der Waals surface area contributed by atoms with Gasteiger partial charge in [-0.05, 0) is 25.0 Å². The number of nitrogens with two attached hydrogens (primary N) is 1. The van der Waals surface area contributed by atoms with E-state index in [1.165, 1.54) is 0 Å². The van der Waals surface area contributed by atoms with Gasteiger partial charge in [0.25, 0.3) is 0 Å². The Morgan fingerprint density at radius 1 is 1.30 bits per heavy atom. The zero-order valence-corrected chi connectivity index (χ0v) is 12.2. The van der Waals surface area contributed by atoms with Crippen LogP contribution in [0.15, 0.2) is 30.3 Å².